The van der Waals surface area contributed by atoms with Crippen LogP contribution in [0.1, 0.15) is 15.9 Å². The summed E-state index contributed by atoms with van der Waals surface area (Å²) in [7, 11) is 1.57. The molecule has 0 fully saturated rings. The Labute approximate surface area is 116 Å². The number of hydrogen-bond acceptors (Lipinski definition) is 4. The van der Waals surface area contributed by atoms with Gasteiger partial charge in [-0.25, -0.2) is 0 Å². The molecular formula is C15H14N2O3. The minimum atomic E-state index is -1.63. The van der Waals surface area contributed by atoms with Crippen LogP contribution in [0.5, 0.6) is 5.75 Å². The maximum atomic E-state index is 12.1. The number of carbonyl (C=O) groups excluding carboxylic acids is 1. The highest BCUT2D eigenvalue weighted by atomic mass is 16.5. The fraction of sp³-hybridized carbons (Fsp3) is 0.133. The van der Waals surface area contributed by atoms with E-state index in [0.29, 0.717) is 22.6 Å². The van der Waals surface area contributed by atoms with Crippen LogP contribution in [-0.4, -0.2) is 18.1 Å². The number of hydrogen-bond donors (Lipinski definition) is 3. The number of aliphatic hydroxyl groups is 1. The second-order valence-corrected chi connectivity index (χ2v) is 4.56. The number of carbonyl (C=O) groups is 1. The molecule has 0 saturated heterocycles. The summed E-state index contributed by atoms with van der Waals surface area (Å²) < 4.78 is 5.08. The minimum Gasteiger partial charge on any atom is -0.497 e. The van der Waals surface area contributed by atoms with Crippen molar-refractivity contribution >= 4 is 11.6 Å². The highest BCUT2D eigenvalue weighted by Crippen LogP contribution is 2.29. The van der Waals surface area contributed by atoms with E-state index in [-0.39, 0.29) is 5.91 Å². The van der Waals surface area contributed by atoms with Crippen molar-refractivity contribution in [3.05, 3.63) is 59.7 Å². The third-order valence-electron chi connectivity index (χ3n) is 3.29. The van der Waals surface area contributed by atoms with Gasteiger partial charge in [0.25, 0.3) is 5.91 Å². The predicted octanol–water partition coefficient (Wildman–Crippen LogP) is 1.65. The highest BCUT2D eigenvalue weighted by molar-refractivity contribution is 6.02. The lowest BCUT2D eigenvalue weighted by Gasteiger charge is -2.36. The van der Waals surface area contributed by atoms with E-state index in [1.54, 1.807) is 55.6 Å². The van der Waals surface area contributed by atoms with Gasteiger partial charge in [0.15, 0.2) is 0 Å². The lowest BCUT2D eigenvalue weighted by atomic mass is 10.0. The van der Waals surface area contributed by atoms with E-state index in [1.807, 2.05) is 0 Å². The number of para-hydroxylation sites is 1. The van der Waals surface area contributed by atoms with Crippen LogP contribution in [0.25, 0.3) is 0 Å². The largest absolute Gasteiger partial charge is 0.497 e. The molecule has 5 nitrogen and oxygen atoms in total. The Morgan fingerprint density at radius 2 is 1.75 bits per heavy atom. The van der Waals surface area contributed by atoms with Crippen molar-refractivity contribution in [2.24, 2.45) is 0 Å². The summed E-state index contributed by atoms with van der Waals surface area (Å²) in [6.07, 6.45) is 0. The zero-order valence-electron chi connectivity index (χ0n) is 10.9. The Balaban J connectivity index is 1.99. The molecule has 20 heavy (non-hydrogen) atoms. The number of ether oxygens (including phenoxy) is 1. The average molecular weight is 270 g/mol. The van der Waals surface area contributed by atoms with Crippen molar-refractivity contribution in [3.63, 3.8) is 0 Å². The standard InChI is InChI=1S/C15H14N2O3/c1-20-11-8-6-10(7-9-11)15(19)16-13-5-3-2-4-12(13)14(18)17-15/h2-9,16,19H,1H3,(H,17,18). The molecule has 1 amide bonds. The molecule has 3 rings (SSSR count). The third-order valence-corrected chi connectivity index (χ3v) is 3.29. The minimum absolute atomic E-state index is 0.322. The van der Waals surface area contributed by atoms with Gasteiger partial charge in [-0.2, -0.15) is 0 Å². The lowest BCUT2D eigenvalue weighted by Crippen LogP contribution is -2.55. The van der Waals surface area contributed by atoms with E-state index >= 15 is 0 Å². The first-order chi connectivity index (χ1) is 9.62. The molecule has 0 aliphatic carbocycles. The van der Waals surface area contributed by atoms with E-state index in [1.165, 1.54) is 0 Å². The molecule has 3 N–H and O–H groups in total. The molecule has 1 aliphatic rings. The fourth-order valence-electron chi connectivity index (χ4n) is 2.22. The Hall–Kier alpha value is -2.53. The average Bonchev–Trinajstić information content (AvgIpc) is 2.47. The maximum absolute atomic E-state index is 12.1. The molecule has 102 valence electrons. The summed E-state index contributed by atoms with van der Waals surface area (Å²) in [6, 6.07) is 13.9. The van der Waals surface area contributed by atoms with Gasteiger partial charge < -0.3 is 20.5 Å². The molecule has 0 bridgehead atoms. The second-order valence-electron chi connectivity index (χ2n) is 4.56. The number of rotatable bonds is 2. The topological polar surface area (TPSA) is 70.6 Å². The number of benzene rings is 2. The van der Waals surface area contributed by atoms with Gasteiger partial charge >= 0.3 is 0 Å². The first-order valence-corrected chi connectivity index (χ1v) is 6.19. The van der Waals surface area contributed by atoms with Gasteiger partial charge in [-0.3, -0.25) is 4.79 Å². The van der Waals surface area contributed by atoms with Gasteiger partial charge in [0.05, 0.1) is 18.4 Å². The first-order valence-electron chi connectivity index (χ1n) is 6.19. The van der Waals surface area contributed by atoms with Crippen LogP contribution in [-0.2, 0) is 5.85 Å². The number of nitrogens with one attached hydrogen (secondary N) is 2. The molecule has 0 aromatic heterocycles. The van der Waals surface area contributed by atoms with Crippen molar-refractivity contribution in [1.82, 2.24) is 5.32 Å². The van der Waals surface area contributed by atoms with E-state index in [9.17, 15) is 9.90 Å². The van der Waals surface area contributed by atoms with Crippen LogP contribution in [0.2, 0.25) is 0 Å². The number of fused-ring (bicyclic) bond motifs is 1. The molecule has 1 heterocycles. The van der Waals surface area contributed by atoms with Crippen molar-refractivity contribution in [2.45, 2.75) is 5.85 Å². The summed E-state index contributed by atoms with van der Waals surface area (Å²) in [5.41, 5.74) is 1.63. The van der Waals surface area contributed by atoms with Gasteiger partial charge in [-0.15, -0.1) is 0 Å². The molecule has 0 radical (unpaired) electrons. The van der Waals surface area contributed by atoms with Crippen molar-refractivity contribution in [1.29, 1.82) is 0 Å². The monoisotopic (exact) mass is 270 g/mol. The van der Waals surface area contributed by atoms with Gasteiger partial charge in [0.2, 0.25) is 5.85 Å². The van der Waals surface area contributed by atoms with Gasteiger partial charge in [0, 0.05) is 5.56 Å². The normalized spacial score (nSPS) is 20.6. The zero-order valence-corrected chi connectivity index (χ0v) is 10.9. The molecule has 1 unspecified atom stereocenters. The lowest BCUT2D eigenvalue weighted by molar-refractivity contribution is 0.0240. The van der Waals surface area contributed by atoms with Crippen LogP contribution in [0.15, 0.2) is 48.5 Å². The van der Waals surface area contributed by atoms with E-state index < -0.39 is 5.85 Å². The molecule has 5 heteroatoms. The van der Waals surface area contributed by atoms with Crippen molar-refractivity contribution in [2.75, 3.05) is 12.4 Å². The first kappa shape index (κ1) is 12.5. The Morgan fingerprint density at radius 1 is 1.05 bits per heavy atom. The van der Waals surface area contributed by atoms with Crippen LogP contribution in [0.4, 0.5) is 5.69 Å². The maximum Gasteiger partial charge on any atom is 0.257 e. The number of amides is 1. The number of methoxy groups -OCH3 is 1. The highest BCUT2D eigenvalue weighted by Gasteiger charge is 2.36. The van der Waals surface area contributed by atoms with Gasteiger partial charge in [-0.1, -0.05) is 12.1 Å². The Bertz CT molecular complexity index is 654. The summed E-state index contributed by atoms with van der Waals surface area (Å²) in [4.78, 5) is 12.1. The quantitative estimate of drug-likeness (QED) is 0.776. The van der Waals surface area contributed by atoms with E-state index in [2.05, 4.69) is 10.6 Å². The summed E-state index contributed by atoms with van der Waals surface area (Å²) >= 11 is 0. The van der Waals surface area contributed by atoms with Crippen molar-refractivity contribution in [3.8, 4) is 5.75 Å². The van der Waals surface area contributed by atoms with Crippen LogP contribution >= 0.6 is 0 Å². The fourth-order valence-corrected chi connectivity index (χ4v) is 2.22. The molecule has 1 aliphatic heterocycles. The van der Waals surface area contributed by atoms with Gasteiger partial charge in [-0.05, 0) is 36.4 Å². The smallest absolute Gasteiger partial charge is 0.257 e. The van der Waals surface area contributed by atoms with Gasteiger partial charge in [0.1, 0.15) is 5.75 Å². The van der Waals surface area contributed by atoms with Crippen LogP contribution in [0, 0.1) is 0 Å². The molecule has 0 saturated carbocycles. The summed E-state index contributed by atoms with van der Waals surface area (Å²) in [5.74, 6) is -1.27. The molecule has 1 atom stereocenters. The van der Waals surface area contributed by atoms with Crippen LogP contribution in [0.3, 0.4) is 0 Å². The number of anilines is 1. The van der Waals surface area contributed by atoms with Crippen molar-refractivity contribution < 1.29 is 14.6 Å². The predicted molar refractivity (Wildman–Crippen MR) is 74.4 cm³/mol. The summed E-state index contributed by atoms with van der Waals surface area (Å²) in [5, 5.41) is 16.1. The van der Waals surface area contributed by atoms with Crippen LogP contribution < -0.4 is 15.4 Å². The summed E-state index contributed by atoms with van der Waals surface area (Å²) in [6.45, 7) is 0. The molecule has 2 aromatic rings. The molecule has 0 spiro atoms. The second kappa shape index (κ2) is 4.54. The van der Waals surface area contributed by atoms with E-state index in [4.69, 9.17) is 4.74 Å². The molecule has 2 aromatic carbocycles. The Kier molecular flexibility index (Phi) is 2.84. The zero-order chi connectivity index (χ0) is 14.2. The Morgan fingerprint density at radius 3 is 2.45 bits per heavy atom. The molecular weight excluding hydrogens is 256 g/mol. The third kappa shape index (κ3) is 1.98. The van der Waals surface area contributed by atoms with E-state index in [0.717, 1.165) is 0 Å². The SMILES string of the molecule is COc1ccc(C2(O)NC(=O)c3ccccc3N2)cc1.